The van der Waals surface area contributed by atoms with Crippen LogP contribution in [0.2, 0.25) is 5.02 Å². The number of rotatable bonds is 5. The van der Waals surface area contributed by atoms with Gasteiger partial charge >= 0.3 is 0 Å². The summed E-state index contributed by atoms with van der Waals surface area (Å²) in [7, 11) is 3.20. The van der Waals surface area contributed by atoms with E-state index in [1.54, 1.807) is 62.7 Å². The Hall–Kier alpha value is -2.04. The van der Waals surface area contributed by atoms with Gasteiger partial charge in [0, 0.05) is 7.05 Å². The van der Waals surface area contributed by atoms with Crippen LogP contribution in [0.5, 0.6) is 5.75 Å². The van der Waals surface area contributed by atoms with E-state index in [4.69, 9.17) is 16.3 Å². The maximum absolute atomic E-state index is 12.4. The van der Waals surface area contributed by atoms with Crippen LogP contribution in [-0.4, -0.2) is 36.6 Å². The first kappa shape index (κ1) is 16.3. The maximum Gasteiger partial charge on any atom is 0.255 e. The molecule has 1 amide bonds. The number of amides is 1. The van der Waals surface area contributed by atoms with E-state index in [-0.39, 0.29) is 12.5 Å². The lowest BCUT2D eigenvalue weighted by molar-refractivity contribution is 0.0681. The first-order valence-electron chi connectivity index (χ1n) is 6.85. The second kappa shape index (κ2) is 7.29. The number of hydrogen-bond acceptors (Lipinski definition) is 3. The number of carbonyl (C=O) groups is 1. The highest BCUT2D eigenvalue weighted by Crippen LogP contribution is 2.21. The molecule has 0 aromatic heterocycles. The molecule has 0 spiro atoms. The summed E-state index contributed by atoms with van der Waals surface area (Å²) in [6.07, 6.45) is -0.800. The molecule has 5 heteroatoms. The highest BCUT2D eigenvalue weighted by atomic mass is 35.5. The fourth-order valence-electron chi connectivity index (χ4n) is 2.14. The largest absolute Gasteiger partial charge is 0.497 e. The zero-order valence-corrected chi connectivity index (χ0v) is 13.2. The first-order chi connectivity index (χ1) is 10.5. The smallest absolute Gasteiger partial charge is 0.255 e. The third-order valence-electron chi connectivity index (χ3n) is 3.38. The van der Waals surface area contributed by atoms with E-state index in [2.05, 4.69) is 0 Å². The Labute approximate surface area is 134 Å². The molecule has 0 bridgehead atoms. The molecule has 0 heterocycles. The minimum atomic E-state index is -0.800. The quantitative estimate of drug-likeness (QED) is 0.921. The van der Waals surface area contributed by atoms with Crippen LogP contribution in [-0.2, 0) is 0 Å². The summed E-state index contributed by atoms with van der Waals surface area (Å²) in [5.74, 6) is 0.434. The van der Waals surface area contributed by atoms with E-state index in [0.717, 1.165) is 0 Å². The van der Waals surface area contributed by atoms with Crippen molar-refractivity contribution in [2.75, 3.05) is 20.7 Å². The van der Waals surface area contributed by atoms with Gasteiger partial charge in [-0.15, -0.1) is 0 Å². The third kappa shape index (κ3) is 3.78. The molecule has 1 N–H and O–H groups in total. The molecular weight excluding hydrogens is 302 g/mol. The van der Waals surface area contributed by atoms with Gasteiger partial charge in [-0.3, -0.25) is 4.79 Å². The van der Waals surface area contributed by atoms with Crippen molar-refractivity contribution in [1.82, 2.24) is 4.90 Å². The molecule has 4 nitrogen and oxygen atoms in total. The van der Waals surface area contributed by atoms with Gasteiger partial charge in [-0.2, -0.15) is 0 Å². The Bertz CT molecular complexity index is 660. The maximum atomic E-state index is 12.4. The molecule has 0 fully saturated rings. The Morgan fingerprint density at radius 1 is 1.27 bits per heavy atom. The lowest BCUT2D eigenvalue weighted by Crippen LogP contribution is -2.31. The van der Waals surface area contributed by atoms with Crippen LogP contribution in [0.15, 0.2) is 48.5 Å². The van der Waals surface area contributed by atoms with Gasteiger partial charge in [-0.1, -0.05) is 35.9 Å². The summed E-state index contributed by atoms with van der Waals surface area (Å²) in [4.78, 5) is 13.8. The fraction of sp³-hybridized carbons (Fsp3) is 0.235. The number of hydrogen-bond donors (Lipinski definition) is 1. The van der Waals surface area contributed by atoms with Crippen molar-refractivity contribution in [3.63, 3.8) is 0 Å². The van der Waals surface area contributed by atoms with Crippen LogP contribution in [0.1, 0.15) is 22.0 Å². The lowest BCUT2D eigenvalue weighted by atomic mass is 10.1. The van der Waals surface area contributed by atoms with Crippen molar-refractivity contribution in [3.05, 3.63) is 64.7 Å². The van der Waals surface area contributed by atoms with Crippen LogP contribution in [0.3, 0.4) is 0 Å². The molecule has 0 saturated carbocycles. The predicted molar refractivity (Wildman–Crippen MR) is 86.4 cm³/mol. The molecule has 0 aliphatic rings. The first-order valence-corrected chi connectivity index (χ1v) is 7.22. The predicted octanol–water partition coefficient (Wildman–Crippen LogP) is 3.15. The van der Waals surface area contributed by atoms with Gasteiger partial charge < -0.3 is 14.7 Å². The molecule has 2 aromatic carbocycles. The third-order valence-corrected chi connectivity index (χ3v) is 3.71. The number of aliphatic hydroxyl groups is 1. The zero-order chi connectivity index (χ0) is 16.1. The van der Waals surface area contributed by atoms with Crippen LogP contribution >= 0.6 is 11.6 Å². The van der Waals surface area contributed by atoms with Crippen molar-refractivity contribution in [1.29, 1.82) is 0 Å². The standard InChI is InChI=1S/C17H18ClNO3/c1-19(17(21)14-8-3-4-9-15(14)18)11-16(20)12-6-5-7-13(10-12)22-2/h3-10,16,20H,11H2,1-2H3. The number of halogens is 1. The Kier molecular flexibility index (Phi) is 5.41. The van der Waals surface area contributed by atoms with Gasteiger partial charge in [0.25, 0.3) is 5.91 Å². The molecule has 0 radical (unpaired) electrons. The van der Waals surface area contributed by atoms with E-state index >= 15 is 0 Å². The van der Waals surface area contributed by atoms with E-state index in [1.165, 1.54) is 4.90 Å². The molecule has 22 heavy (non-hydrogen) atoms. The number of nitrogens with zero attached hydrogens (tertiary/aromatic N) is 1. The molecule has 1 atom stereocenters. The minimum Gasteiger partial charge on any atom is -0.497 e. The zero-order valence-electron chi connectivity index (χ0n) is 12.5. The monoisotopic (exact) mass is 319 g/mol. The minimum absolute atomic E-state index is 0.164. The van der Waals surface area contributed by atoms with Gasteiger partial charge in [0.05, 0.1) is 30.3 Å². The van der Waals surface area contributed by atoms with E-state index in [0.29, 0.717) is 21.9 Å². The average Bonchev–Trinajstić information content (AvgIpc) is 2.54. The van der Waals surface area contributed by atoms with Gasteiger partial charge in [-0.25, -0.2) is 0 Å². The van der Waals surface area contributed by atoms with Gasteiger partial charge in [0.2, 0.25) is 0 Å². The number of carbonyl (C=O) groups excluding carboxylic acids is 1. The van der Waals surface area contributed by atoms with Crippen molar-refractivity contribution < 1.29 is 14.6 Å². The van der Waals surface area contributed by atoms with Crippen molar-refractivity contribution in [2.45, 2.75) is 6.10 Å². The molecule has 1 unspecified atom stereocenters. The number of methoxy groups -OCH3 is 1. The van der Waals surface area contributed by atoms with E-state index < -0.39 is 6.10 Å². The van der Waals surface area contributed by atoms with Crippen molar-refractivity contribution in [2.24, 2.45) is 0 Å². The summed E-state index contributed by atoms with van der Waals surface area (Å²) in [5.41, 5.74) is 1.11. The lowest BCUT2D eigenvalue weighted by Gasteiger charge is -2.22. The molecular formula is C17H18ClNO3. The second-order valence-corrected chi connectivity index (χ2v) is 5.37. The summed E-state index contributed by atoms with van der Waals surface area (Å²) in [5, 5.41) is 10.7. The summed E-state index contributed by atoms with van der Waals surface area (Å²) < 4.78 is 5.13. The van der Waals surface area contributed by atoms with Crippen LogP contribution in [0, 0.1) is 0 Å². The Morgan fingerprint density at radius 3 is 2.68 bits per heavy atom. The highest BCUT2D eigenvalue weighted by Gasteiger charge is 2.18. The van der Waals surface area contributed by atoms with Gasteiger partial charge in [0.15, 0.2) is 0 Å². The molecule has 2 aromatic rings. The van der Waals surface area contributed by atoms with E-state index in [1.807, 2.05) is 0 Å². The summed E-state index contributed by atoms with van der Waals surface area (Å²) in [6.45, 7) is 0.164. The van der Waals surface area contributed by atoms with Crippen LogP contribution in [0.4, 0.5) is 0 Å². The number of aliphatic hydroxyl groups excluding tert-OH is 1. The highest BCUT2D eigenvalue weighted by molar-refractivity contribution is 6.33. The summed E-state index contributed by atoms with van der Waals surface area (Å²) >= 11 is 6.03. The number of ether oxygens (including phenoxy) is 1. The van der Waals surface area contributed by atoms with E-state index in [9.17, 15) is 9.90 Å². The molecule has 2 rings (SSSR count). The molecule has 0 aliphatic heterocycles. The molecule has 0 saturated heterocycles. The average molecular weight is 320 g/mol. The summed E-state index contributed by atoms with van der Waals surface area (Å²) in [6, 6.07) is 14.0. The fourth-order valence-corrected chi connectivity index (χ4v) is 2.35. The second-order valence-electron chi connectivity index (χ2n) is 4.96. The normalized spacial score (nSPS) is 11.8. The van der Waals surface area contributed by atoms with Crippen LogP contribution < -0.4 is 4.74 Å². The van der Waals surface area contributed by atoms with Gasteiger partial charge in [-0.05, 0) is 29.8 Å². The Morgan fingerprint density at radius 2 is 2.00 bits per heavy atom. The topological polar surface area (TPSA) is 49.8 Å². The molecule has 0 aliphatic carbocycles. The van der Waals surface area contributed by atoms with Crippen molar-refractivity contribution >= 4 is 17.5 Å². The van der Waals surface area contributed by atoms with Crippen molar-refractivity contribution in [3.8, 4) is 5.75 Å². The Balaban J connectivity index is 2.09. The van der Waals surface area contributed by atoms with Crippen LogP contribution in [0.25, 0.3) is 0 Å². The molecule has 116 valence electrons. The van der Waals surface area contributed by atoms with Gasteiger partial charge in [0.1, 0.15) is 5.75 Å². The SMILES string of the molecule is COc1cccc(C(O)CN(C)C(=O)c2ccccc2Cl)c1. The number of benzene rings is 2. The number of likely N-dealkylation sites (N-methyl/N-ethyl adjacent to an activating group) is 1.